The lowest BCUT2D eigenvalue weighted by Crippen LogP contribution is -2.49. The van der Waals surface area contributed by atoms with Gasteiger partial charge in [-0.05, 0) is 31.4 Å². The highest BCUT2D eigenvalue weighted by molar-refractivity contribution is 14.0. The first kappa shape index (κ1) is 22.2. The Morgan fingerprint density at radius 3 is 2.48 bits per heavy atom. The van der Waals surface area contributed by atoms with E-state index in [2.05, 4.69) is 60.6 Å². The average molecular weight is 460 g/mol. The van der Waals surface area contributed by atoms with Gasteiger partial charge in [0.1, 0.15) is 0 Å². The number of ether oxygens (including phenoxy) is 1. The maximum absolute atomic E-state index is 5.43. The van der Waals surface area contributed by atoms with E-state index in [1.54, 1.807) is 0 Å². The minimum absolute atomic E-state index is 0. The van der Waals surface area contributed by atoms with Gasteiger partial charge in [-0.15, -0.1) is 24.0 Å². The Hall–Kier alpha value is -0.860. The molecule has 0 aliphatic carbocycles. The Morgan fingerprint density at radius 1 is 1.16 bits per heavy atom. The molecule has 2 N–H and O–H groups in total. The summed E-state index contributed by atoms with van der Waals surface area (Å²) in [6, 6.07) is 9.01. The van der Waals surface area contributed by atoms with Gasteiger partial charge in [-0.25, -0.2) is 4.99 Å². The van der Waals surface area contributed by atoms with E-state index >= 15 is 0 Å². The van der Waals surface area contributed by atoms with Crippen molar-refractivity contribution in [1.29, 1.82) is 0 Å². The van der Waals surface area contributed by atoms with E-state index in [0.717, 1.165) is 51.8 Å². The van der Waals surface area contributed by atoms with Gasteiger partial charge in [-0.2, -0.15) is 0 Å². The molecule has 142 valence electrons. The number of nitrogens with zero attached hydrogens (tertiary/aromatic N) is 2. The molecule has 5 nitrogen and oxygen atoms in total. The van der Waals surface area contributed by atoms with E-state index in [-0.39, 0.29) is 24.0 Å². The van der Waals surface area contributed by atoms with Crippen molar-refractivity contribution in [3.05, 3.63) is 35.4 Å². The van der Waals surface area contributed by atoms with E-state index < -0.39 is 0 Å². The topological polar surface area (TPSA) is 48.9 Å². The van der Waals surface area contributed by atoms with Crippen LogP contribution in [0.3, 0.4) is 0 Å². The third kappa shape index (κ3) is 7.50. The number of hydrogen-bond acceptors (Lipinski definition) is 3. The smallest absolute Gasteiger partial charge is 0.191 e. The van der Waals surface area contributed by atoms with Crippen LogP contribution >= 0.6 is 24.0 Å². The zero-order chi connectivity index (χ0) is 17.2. The van der Waals surface area contributed by atoms with Crippen LogP contribution in [-0.2, 0) is 17.7 Å². The molecule has 0 aromatic heterocycles. The number of aliphatic imine (C=N–C) groups is 1. The third-order valence-electron chi connectivity index (χ3n) is 4.48. The van der Waals surface area contributed by atoms with Crippen LogP contribution in [0.4, 0.5) is 0 Å². The van der Waals surface area contributed by atoms with E-state index in [1.165, 1.54) is 11.1 Å². The fourth-order valence-corrected chi connectivity index (χ4v) is 2.95. The zero-order valence-electron chi connectivity index (χ0n) is 15.8. The molecule has 1 saturated heterocycles. The van der Waals surface area contributed by atoms with E-state index in [9.17, 15) is 0 Å². The highest BCUT2D eigenvalue weighted by atomic mass is 127. The Labute approximate surface area is 169 Å². The summed E-state index contributed by atoms with van der Waals surface area (Å²) in [4.78, 5) is 7.23. The summed E-state index contributed by atoms with van der Waals surface area (Å²) in [7, 11) is 0. The second-order valence-electron chi connectivity index (χ2n) is 6.20. The van der Waals surface area contributed by atoms with Gasteiger partial charge in [0, 0.05) is 32.2 Å². The molecule has 2 rings (SSSR count). The van der Waals surface area contributed by atoms with Gasteiger partial charge in [-0.3, -0.25) is 4.90 Å². The summed E-state index contributed by atoms with van der Waals surface area (Å²) in [5, 5.41) is 6.83. The van der Waals surface area contributed by atoms with Crippen molar-refractivity contribution in [2.75, 3.05) is 39.4 Å². The van der Waals surface area contributed by atoms with Crippen molar-refractivity contribution in [3.8, 4) is 0 Å². The molecule has 0 amide bonds. The van der Waals surface area contributed by atoms with E-state index in [4.69, 9.17) is 9.73 Å². The van der Waals surface area contributed by atoms with Crippen molar-refractivity contribution < 1.29 is 4.74 Å². The largest absolute Gasteiger partial charge is 0.379 e. The van der Waals surface area contributed by atoms with Gasteiger partial charge < -0.3 is 15.4 Å². The predicted octanol–water partition coefficient (Wildman–Crippen LogP) is 2.64. The van der Waals surface area contributed by atoms with Crippen LogP contribution in [0, 0.1) is 0 Å². The van der Waals surface area contributed by atoms with Crippen LogP contribution in [0.5, 0.6) is 0 Å². The molecular formula is C19H33IN4O. The maximum Gasteiger partial charge on any atom is 0.191 e. The van der Waals surface area contributed by atoms with Crippen LogP contribution in [0.25, 0.3) is 0 Å². The highest BCUT2D eigenvalue weighted by Crippen LogP contribution is 2.10. The molecule has 0 radical (unpaired) electrons. The van der Waals surface area contributed by atoms with Gasteiger partial charge in [0.25, 0.3) is 0 Å². The van der Waals surface area contributed by atoms with Gasteiger partial charge >= 0.3 is 0 Å². The summed E-state index contributed by atoms with van der Waals surface area (Å²) < 4.78 is 5.43. The molecule has 1 aliphatic heterocycles. The van der Waals surface area contributed by atoms with Gasteiger partial charge in [0.2, 0.25) is 0 Å². The lowest BCUT2D eigenvalue weighted by atomic mass is 10.1. The Morgan fingerprint density at radius 2 is 1.84 bits per heavy atom. The molecule has 0 bridgehead atoms. The molecule has 1 aromatic rings. The van der Waals surface area contributed by atoms with Crippen LogP contribution in [0.2, 0.25) is 0 Å². The Kier molecular flexibility index (Phi) is 11.1. The van der Waals surface area contributed by atoms with Crippen molar-refractivity contribution in [2.45, 2.75) is 39.8 Å². The summed E-state index contributed by atoms with van der Waals surface area (Å²) in [6.45, 7) is 12.7. The highest BCUT2D eigenvalue weighted by Gasteiger charge is 2.16. The standard InChI is InChI=1S/C19H32N4O.HI/c1-4-17-8-6-7-9-18(17)15-22-19(20-5-2)21-14-16(3)23-10-12-24-13-11-23;/h6-9,16H,4-5,10-15H2,1-3H3,(H2,20,21,22);1H. The molecule has 1 aliphatic rings. The first-order valence-corrected chi connectivity index (χ1v) is 9.15. The Bertz CT molecular complexity index is 518. The summed E-state index contributed by atoms with van der Waals surface area (Å²) in [6.07, 6.45) is 1.05. The molecular weight excluding hydrogens is 427 g/mol. The number of aryl methyl sites for hydroxylation is 1. The van der Waals surface area contributed by atoms with E-state index in [1.807, 2.05) is 0 Å². The SMILES string of the molecule is CCNC(=NCc1ccccc1CC)NCC(C)N1CCOCC1.I. The fourth-order valence-electron chi connectivity index (χ4n) is 2.95. The van der Waals surface area contributed by atoms with Crippen LogP contribution in [0.1, 0.15) is 31.9 Å². The molecule has 1 fully saturated rings. The summed E-state index contributed by atoms with van der Waals surface area (Å²) in [5.41, 5.74) is 2.68. The number of rotatable bonds is 7. The third-order valence-corrected chi connectivity index (χ3v) is 4.48. The summed E-state index contributed by atoms with van der Waals surface area (Å²) in [5.74, 6) is 0.892. The van der Waals surface area contributed by atoms with Gasteiger partial charge in [0.15, 0.2) is 5.96 Å². The number of nitrogens with one attached hydrogen (secondary N) is 2. The van der Waals surface area contributed by atoms with Crippen LogP contribution in [-0.4, -0.2) is 56.3 Å². The molecule has 6 heteroatoms. The number of benzene rings is 1. The zero-order valence-corrected chi connectivity index (χ0v) is 18.1. The normalized spacial score (nSPS) is 16.8. The summed E-state index contributed by atoms with van der Waals surface area (Å²) >= 11 is 0. The first-order valence-electron chi connectivity index (χ1n) is 9.15. The van der Waals surface area contributed by atoms with Crippen molar-refractivity contribution in [1.82, 2.24) is 15.5 Å². The van der Waals surface area contributed by atoms with Crippen molar-refractivity contribution >= 4 is 29.9 Å². The molecule has 1 aromatic carbocycles. The van der Waals surface area contributed by atoms with Gasteiger partial charge in [0.05, 0.1) is 19.8 Å². The molecule has 1 unspecified atom stereocenters. The number of morpholine rings is 1. The van der Waals surface area contributed by atoms with Crippen molar-refractivity contribution in [2.24, 2.45) is 4.99 Å². The maximum atomic E-state index is 5.43. The predicted molar refractivity (Wildman–Crippen MR) is 116 cm³/mol. The second-order valence-corrected chi connectivity index (χ2v) is 6.20. The van der Waals surface area contributed by atoms with Gasteiger partial charge in [-0.1, -0.05) is 31.2 Å². The second kappa shape index (κ2) is 12.5. The monoisotopic (exact) mass is 460 g/mol. The fraction of sp³-hybridized carbons (Fsp3) is 0.632. The quantitative estimate of drug-likeness (QED) is 0.373. The van der Waals surface area contributed by atoms with Crippen molar-refractivity contribution in [3.63, 3.8) is 0 Å². The molecule has 0 saturated carbocycles. The minimum atomic E-state index is 0. The molecule has 1 atom stereocenters. The Balaban J connectivity index is 0.00000312. The minimum Gasteiger partial charge on any atom is -0.379 e. The number of halogens is 1. The lowest BCUT2D eigenvalue weighted by molar-refractivity contribution is 0.0211. The molecule has 25 heavy (non-hydrogen) atoms. The lowest BCUT2D eigenvalue weighted by Gasteiger charge is -2.32. The van der Waals surface area contributed by atoms with Crippen LogP contribution < -0.4 is 10.6 Å². The van der Waals surface area contributed by atoms with E-state index in [0.29, 0.717) is 12.6 Å². The number of hydrogen-bond donors (Lipinski definition) is 2. The first-order chi connectivity index (χ1) is 11.7. The average Bonchev–Trinajstić information content (AvgIpc) is 2.64. The molecule has 0 spiro atoms. The van der Waals surface area contributed by atoms with Crippen LogP contribution in [0.15, 0.2) is 29.3 Å². The number of guanidine groups is 1. The molecule has 1 heterocycles.